The molecule has 1 atom stereocenters. The number of hydrogen-bond donors (Lipinski definition) is 1. The van der Waals surface area contributed by atoms with Crippen LogP contribution in [0.1, 0.15) is 22.8 Å². The van der Waals surface area contributed by atoms with Crippen LogP contribution in [0.2, 0.25) is 5.02 Å². The number of benzene rings is 2. The standard InChI is InChI=1S/C17H14ClNO/c1-11-4-5-14(10-15(11)18)17(20)13-6-7-16-12(9-13)3-2-8-19-16/h2-10,17,20H,1H3. The van der Waals surface area contributed by atoms with Crippen molar-refractivity contribution in [3.63, 3.8) is 0 Å². The SMILES string of the molecule is Cc1ccc(C(O)c2ccc3ncccc3c2)cc1Cl. The minimum atomic E-state index is -0.683. The third-order valence-corrected chi connectivity index (χ3v) is 3.86. The number of aryl methyl sites for hydroxylation is 1. The predicted octanol–water partition coefficient (Wildman–Crippen LogP) is 4.28. The van der Waals surface area contributed by atoms with Crippen molar-refractivity contribution in [2.45, 2.75) is 13.0 Å². The predicted molar refractivity (Wildman–Crippen MR) is 82.0 cm³/mol. The third kappa shape index (κ3) is 2.40. The largest absolute Gasteiger partial charge is 0.384 e. The number of hydrogen-bond acceptors (Lipinski definition) is 2. The van der Waals surface area contributed by atoms with E-state index in [1.54, 1.807) is 6.20 Å². The fraction of sp³-hybridized carbons (Fsp3) is 0.118. The van der Waals surface area contributed by atoms with Crippen molar-refractivity contribution < 1.29 is 5.11 Å². The second-order valence-corrected chi connectivity index (χ2v) is 5.27. The van der Waals surface area contributed by atoms with Crippen molar-refractivity contribution >= 4 is 22.5 Å². The molecule has 0 radical (unpaired) electrons. The molecule has 1 heterocycles. The molecule has 2 aromatic carbocycles. The highest BCUT2D eigenvalue weighted by Crippen LogP contribution is 2.27. The van der Waals surface area contributed by atoms with Gasteiger partial charge in [-0.05, 0) is 47.9 Å². The Bertz CT molecular complexity index is 770. The zero-order chi connectivity index (χ0) is 14.1. The first-order chi connectivity index (χ1) is 9.65. The van der Waals surface area contributed by atoms with Crippen LogP contribution in [0.3, 0.4) is 0 Å². The van der Waals surface area contributed by atoms with Gasteiger partial charge in [-0.2, -0.15) is 0 Å². The van der Waals surface area contributed by atoms with Crippen LogP contribution in [0.25, 0.3) is 10.9 Å². The molecule has 1 unspecified atom stereocenters. The lowest BCUT2D eigenvalue weighted by Gasteiger charge is -2.13. The summed E-state index contributed by atoms with van der Waals surface area (Å²) in [7, 11) is 0. The van der Waals surface area contributed by atoms with E-state index in [1.807, 2.05) is 55.5 Å². The lowest BCUT2D eigenvalue weighted by molar-refractivity contribution is 0.220. The summed E-state index contributed by atoms with van der Waals surface area (Å²) < 4.78 is 0. The van der Waals surface area contributed by atoms with E-state index in [4.69, 9.17) is 11.6 Å². The number of pyridine rings is 1. The topological polar surface area (TPSA) is 33.1 Å². The third-order valence-electron chi connectivity index (χ3n) is 3.45. The number of nitrogens with zero attached hydrogens (tertiary/aromatic N) is 1. The molecule has 0 bridgehead atoms. The molecule has 0 aliphatic carbocycles. The minimum Gasteiger partial charge on any atom is -0.384 e. The minimum absolute atomic E-state index is 0.670. The molecule has 3 rings (SSSR count). The van der Waals surface area contributed by atoms with Gasteiger partial charge in [-0.3, -0.25) is 4.98 Å². The Hall–Kier alpha value is -1.90. The summed E-state index contributed by atoms with van der Waals surface area (Å²) in [5, 5.41) is 12.2. The Kier molecular flexibility index (Phi) is 3.43. The van der Waals surface area contributed by atoms with Gasteiger partial charge in [-0.1, -0.05) is 35.9 Å². The van der Waals surface area contributed by atoms with Gasteiger partial charge in [0, 0.05) is 16.6 Å². The zero-order valence-electron chi connectivity index (χ0n) is 11.0. The average Bonchev–Trinajstić information content (AvgIpc) is 2.49. The van der Waals surface area contributed by atoms with E-state index in [0.717, 1.165) is 27.6 Å². The summed E-state index contributed by atoms with van der Waals surface area (Å²) in [5.74, 6) is 0. The number of rotatable bonds is 2. The summed E-state index contributed by atoms with van der Waals surface area (Å²) >= 11 is 6.12. The molecule has 0 amide bonds. The van der Waals surface area contributed by atoms with Crippen LogP contribution >= 0.6 is 11.6 Å². The highest BCUT2D eigenvalue weighted by atomic mass is 35.5. The molecule has 20 heavy (non-hydrogen) atoms. The monoisotopic (exact) mass is 283 g/mol. The van der Waals surface area contributed by atoms with Gasteiger partial charge in [0.15, 0.2) is 0 Å². The molecule has 100 valence electrons. The Labute approximate surface area is 122 Å². The second-order valence-electron chi connectivity index (χ2n) is 4.87. The summed E-state index contributed by atoms with van der Waals surface area (Å²) in [6.07, 6.45) is 1.08. The van der Waals surface area contributed by atoms with Gasteiger partial charge in [0.25, 0.3) is 0 Å². The first-order valence-corrected chi connectivity index (χ1v) is 6.82. The molecule has 2 nitrogen and oxygen atoms in total. The van der Waals surface area contributed by atoms with Crippen LogP contribution in [0.5, 0.6) is 0 Å². The summed E-state index contributed by atoms with van der Waals surface area (Å²) in [6, 6.07) is 15.3. The Morgan fingerprint density at radius 1 is 1.05 bits per heavy atom. The maximum Gasteiger partial charge on any atom is 0.104 e. The summed E-state index contributed by atoms with van der Waals surface area (Å²) in [6.45, 7) is 1.94. The van der Waals surface area contributed by atoms with Crippen molar-refractivity contribution in [3.05, 3.63) is 76.4 Å². The molecule has 1 N–H and O–H groups in total. The van der Waals surface area contributed by atoms with Crippen LogP contribution in [-0.2, 0) is 0 Å². The molecule has 0 spiro atoms. The van der Waals surface area contributed by atoms with E-state index in [2.05, 4.69) is 4.98 Å². The number of aliphatic hydroxyl groups excluding tert-OH is 1. The molecule has 0 aliphatic heterocycles. The van der Waals surface area contributed by atoms with E-state index in [1.165, 1.54) is 0 Å². The highest BCUT2D eigenvalue weighted by molar-refractivity contribution is 6.31. The van der Waals surface area contributed by atoms with Crippen molar-refractivity contribution in [1.82, 2.24) is 4.98 Å². The Balaban J connectivity index is 2.02. The number of halogens is 1. The molecule has 3 aromatic rings. The molecule has 3 heteroatoms. The van der Waals surface area contributed by atoms with Gasteiger partial charge in [0.05, 0.1) is 5.52 Å². The Morgan fingerprint density at radius 3 is 2.60 bits per heavy atom. The molecular weight excluding hydrogens is 270 g/mol. The van der Waals surface area contributed by atoms with Crippen molar-refractivity contribution in [3.8, 4) is 0 Å². The fourth-order valence-electron chi connectivity index (χ4n) is 2.24. The maximum absolute atomic E-state index is 10.5. The van der Waals surface area contributed by atoms with Crippen LogP contribution in [0.4, 0.5) is 0 Å². The van der Waals surface area contributed by atoms with Crippen LogP contribution in [-0.4, -0.2) is 10.1 Å². The van der Waals surface area contributed by atoms with E-state index in [-0.39, 0.29) is 0 Å². The summed E-state index contributed by atoms with van der Waals surface area (Å²) in [5.41, 5.74) is 3.56. The van der Waals surface area contributed by atoms with Gasteiger partial charge in [0.2, 0.25) is 0 Å². The normalized spacial score (nSPS) is 12.6. The average molecular weight is 284 g/mol. The number of aliphatic hydroxyl groups is 1. The second kappa shape index (κ2) is 5.23. The molecule has 0 fully saturated rings. The first kappa shape index (κ1) is 13.1. The van der Waals surface area contributed by atoms with Crippen LogP contribution < -0.4 is 0 Å². The van der Waals surface area contributed by atoms with E-state index in [0.29, 0.717) is 5.02 Å². The van der Waals surface area contributed by atoms with Gasteiger partial charge in [-0.25, -0.2) is 0 Å². The number of fused-ring (bicyclic) bond motifs is 1. The molecule has 0 saturated heterocycles. The first-order valence-electron chi connectivity index (χ1n) is 6.44. The molecule has 0 saturated carbocycles. The smallest absolute Gasteiger partial charge is 0.104 e. The molecule has 0 aliphatic rings. The van der Waals surface area contributed by atoms with E-state index in [9.17, 15) is 5.11 Å². The lowest BCUT2D eigenvalue weighted by atomic mass is 9.99. The van der Waals surface area contributed by atoms with Gasteiger partial charge >= 0.3 is 0 Å². The Morgan fingerprint density at radius 2 is 1.80 bits per heavy atom. The van der Waals surface area contributed by atoms with Crippen LogP contribution in [0.15, 0.2) is 54.7 Å². The molecular formula is C17H14ClNO. The highest BCUT2D eigenvalue weighted by Gasteiger charge is 2.12. The summed E-state index contributed by atoms with van der Waals surface area (Å²) in [4.78, 5) is 4.28. The van der Waals surface area contributed by atoms with Gasteiger partial charge in [-0.15, -0.1) is 0 Å². The quantitative estimate of drug-likeness (QED) is 0.761. The van der Waals surface area contributed by atoms with Crippen molar-refractivity contribution in [1.29, 1.82) is 0 Å². The van der Waals surface area contributed by atoms with Crippen molar-refractivity contribution in [2.75, 3.05) is 0 Å². The number of aromatic nitrogens is 1. The maximum atomic E-state index is 10.5. The van der Waals surface area contributed by atoms with E-state index >= 15 is 0 Å². The van der Waals surface area contributed by atoms with Crippen molar-refractivity contribution in [2.24, 2.45) is 0 Å². The molecule has 1 aromatic heterocycles. The fourth-order valence-corrected chi connectivity index (χ4v) is 2.42. The van der Waals surface area contributed by atoms with Gasteiger partial charge in [0.1, 0.15) is 6.10 Å². The van der Waals surface area contributed by atoms with Crippen LogP contribution in [0, 0.1) is 6.92 Å². The lowest BCUT2D eigenvalue weighted by Crippen LogP contribution is -2.00. The zero-order valence-corrected chi connectivity index (χ0v) is 11.8. The van der Waals surface area contributed by atoms with Gasteiger partial charge < -0.3 is 5.11 Å². The van der Waals surface area contributed by atoms with E-state index < -0.39 is 6.10 Å².